The molecular weight excluding hydrogens is 376 g/mol. The first kappa shape index (κ1) is 18.5. The Balaban J connectivity index is 2.06. The minimum Gasteiger partial charge on any atom is -0.463 e. The number of aromatic nitrogens is 3. The molecule has 1 aliphatic heterocycles. The normalized spacial score (nSPS) is 15.7. The molecule has 2 aromatic heterocycles. The number of para-hydroxylation sites is 1. The van der Waals surface area contributed by atoms with Gasteiger partial charge in [0, 0.05) is 16.8 Å². The maximum absolute atomic E-state index is 12.9. The highest BCUT2D eigenvalue weighted by atomic mass is 16.5. The number of carbonyl (C=O) groups excluding carboxylic acids is 1. The van der Waals surface area contributed by atoms with Crippen LogP contribution >= 0.6 is 0 Å². The Kier molecular flexibility index (Phi) is 4.42. The summed E-state index contributed by atoms with van der Waals surface area (Å²) in [5.41, 5.74) is -0.410. The summed E-state index contributed by atoms with van der Waals surface area (Å²) in [6.07, 6.45) is 0. The molecule has 9 heteroatoms. The van der Waals surface area contributed by atoms with Crippen LogP contribution in [0.1, 0.15) is 30.9 Å². The van der Waals surface area contributed by atoms with E-state index in [2.05, 4.69) is 20.3 Å². The number of pyridine rings is 1. The molecule has 29 heavy (non-hydrogen) atoms. The maximum Gasteiger partial charge on any atom is 0.336 e. The first-order valence-electron chi connectivity index (χ1n) is 9.04. The number of allylic oxidation sites excluding steroid dienone is 1. The van der Waals surface area contributed by atoms with Gasteiger partial charge < -0.3 is 15.0 Å². The minimum atomic E-state index is -1.01. The molecule has 3 aromatic rings. The predicted octanol–water partition coefficient (Wildman–Crippen LogP) is 1.30. The van der Waals surface area contributed by atoms with Crippen molar-refractivity contribution in [2.45, 2.75) is 19.8 Å². The quantitative estimate of drug-likeness (QED) is 0.494. The van der Waals surface area contributed by atoms with Crippen molar-refractivity contribution in [1.29, 1.82) is 0 Å². The van der Waals surface area contributed by atoms with Crippen LogP contribution in [-0.2, 0) is 9.53 Å². The first-order valence-corrected chi connectivity index (χ1v) is 9.04. The number of carbonyl (C=O) groups is 1. The molecule has 0 spiro atoms. The van der Waals surface area contributed by atoms with Crippen molar-refractivity contribution in [2.24, 2.45) is 0 Å². The van der Waals surface area contributed by atoms with Gasteiger partial charge in [-0.1, -0.05) is 18.2 Å². The lowest BCUT2D eigenvalue weighted by atomic mass is 9.82. The van der Waals surface area contributed by atoms with Gasteiger partial charge in [0.2, 0.25) is 0 Å². The Morgan fingerprint density at radius 2 is 1.83 bits per heavy atom. The molecular formula is C20H18N4O5. The van der Waals surface area contributed by atoms with E-state index in [-0.39, 0.29) is 29.1 Å². The van der Waals surface area contributed by atoms with Gasteiger partial charge in [0.05, 0.1) is 23.7 Å². The summed E-state index contributed by atoms with van der Waals surface area (Å²) in [5.74, 6) is -1.52. The average Bonchev–Trinajstić information content (AvgIpc) is 2.66. The van der Waals surface area contributed by atoms with E-state index in [0.717, 1.165) is 5.39 Å². The molecule has 4 N–H and O–H groups in total. The second kappa shape index (κ2) is 6.93. The largest absolute Gasteiger partial charge is 0.463 e. The fraction of sp³-hybridized carbons (Fsp3) is 0.200. The van der Waals surface area contributed by atoms with Crippen molar-refractivity contribution in [3.8, 4) is 0 Å². The smallest absolute Gasteiger partial charge is 0.336 e. The van der Waals surface area contributed by atoms with Gasteiger partial charge in [-0.15, -0.1) is 0 Å². The van der Waals surface area contributed by atoms with Crippen LogP contribution in [0.15, 0.2) is 56.0 Å². The standard InChI is InChI=1S/C20H18N4O5/c1-3-29-19(27)13-9(2)21-16-15(18(26)24-20(28)23-16)14(13)11-8-10-6-4-5-7-12(10)22-17(11)25/h4-8,14H,3H2,1-2H3,(H,22,25)(H3,21,23,24,26,28). The predicted molar refractivity (Wildman–Crippen MR) is 107 cm³/mol. The maximum atomic E-state index is 12.9. The van der Waals surface area contributed by atoms with Crippen LogP contribution in [0.2, 0.25) is 0 Å². The van der Waals surface area contributed by atoms with Crippen LogP contribution in [0.3, 0.4) is 0 Å². The number of benzene rings is 1. The van der Waals surface area contributed by atoms with Crippen LogP contribution in [-0.4, -0.2) is 27.5 Å². The molecule has 1 aliphatic rings. The van der Waals surface area contributed by atoms with E-state index in [1.165, 1.54) is 0 Å². The molecule has 0 amide bonds. The monoisotopic (exact) mass is 394 g/mol. The summed E-state index contributed by atoms with van der Waals surface area (Å²) < 4.78 is 5.18. The number of H-pyrrole nitrogens is 3. The van der Waals surface area contributed by atoms with Gasteiger partial charge in [0.15, 0.2) is 0 Å². The molecule has 0 radical (unpaired) electrons. The Bertz CT molecular complexity index is 1350. The number of nitrogens with one attached hydrogen (secondary N) is 4. The summed E-state index contributed by atoms with van der Waals surface area (Å²) in [4.78, 5) is 57.6. The average molecular weight is 394 g/mol. The molecule has 148 valence electrons. The summed E-state index contributed by atoms with van der Waals surface area (Å²) in [5, 5.41) is 3.62. The molecule has 4 rings (SSSR count). The highest BCUT2D eigenvalue weighted by Gasteiger charge is 2.37. The third kappa shape index (κ3) is 3.06. The fourth-order valence-electron chi connectivity index (χ4n) is 3.66. The third-order valence-corrected chi connectivity index (χ3v) is 4.86. The summed E-state index contributed by atoms with van der Waals surface area (Å²) in [6.45, 7) is 3.42. The van der Waals surface area contributed by atoms with Crippen molar-refractivity contribution in [1.82, 2.24) is 15.0 Å². The topological polar surface area (TPSA) is 137 Å². The number of fused-ring (bicyclic) bond motifs is 2. The lowest BCUT2D eigenvalue weighted by molar-refractivity contribution is -0.138. The van der Waals surface area contributed by atoms with Crippen LogP contribution in [0.4, 0.5) is 5.82 Å². The van der Waals surface area contributed by atoms with Crippen molar-refractivity contribution >= 4 is 22.7 Å². The van der Waals surface area contributed by atoms with Crippen molar-refractivity contribution in [2.75, 3.05) is 11.9 Å². The fourth-order valence-corrected chi connectivity index (χ4v) is 3.66. The molecule has 1 unspecified atom stereocenters. The Morgan fingerprint density at radius 1 is 1.07 bits per heavy atom. The van der Waals surface area contributed by atoms with E-state index in [4.69, 9.17) is 4.74 Å². The molecule has 0 saturated heterocycles. The van der Waals surface area contributed by atoms with E-state index in [1.54, 1.807) is 32.0 Å². The number of esters is 1. The highest BCUT2D eigenvalue weighted by Crippen LogP contribution is 2.38. The molecule has 0 fully saturated rings. The number of rotatable bonds is 3. The van der Waals surface area contributed by atoms with Gasteiger partial charge in [-0.05, 0) is 31.4 Å². The van der Waals surface area contributed by atoms with Gasteiger partial charge in [0.1, 0.15) is 5.82 Å². The number of anilines is 1. The van der Waals surface area contributed by atoms with Crippen molar-refractivity contribution in [3.63, 3.8) is 0 Å². The number of ether oxygens (including phenoxy) is 1. The van der Waals surface area contributed by atoms with Gasteiger partial charge in [-0.2, -0.15) is 0 Å². The van der Waals surface area contributed by atoms with Crippen molar-refractivity contribution < 1.29 is 9.53 Å². The Hall–Kier alpha value is -3.88. The highest BCUT2D eigenvalue weighted by molar-refractivity contribution is 5.94. The molecule has 0 bridgehead atoms. The van der Waals surface area contributed by atoms with Crippen LogP contribution in [0.5, 0.6) is 0 Å². The zero-order chi connectivity index (χ0) is 20.7. The number of hydrogen-bond donors (Lipinski definition) is 4. The lowest BCUT2D eigenvalue weighted by Crippen LogP contribution is -2.36. The molecule has 0 aliphatic carbocycles. The van der Waals surface area contributed by atoms with Gasteiger partial charge in [-0.3, -0.25) is 19.6 Å². The van der Waals surface area contributed by atoms with E-state index in [0.29, 0.717) is 11.2 Å². The molecule has 1 atom stereocenters. The van der Waals surface area contributed by atoms with E-state index < -0.39 is 28.7 Å². The summed E-state index contributed by atoms with van der Waals surface area (Å²) in [6, 6.07) is 8.83. The minimum absolute atomic E-state index is 0.0686. The van der Waals surface area contributed by atoms with E-state index >= 15 is 0 Å². The second-order valence-corrected chi connectivity index (χ2v) is 6.66. The van der Waals surface area contributed by atoms with Crippen LogP contribution < -0.4 is 22.1 Å². The number of aromatic amines is 3. The zero-order valence-electron chi connectivity index (χ0n) is 15.7. The zero-order valence-corrected chi connectivity index (χ0v) is 15.7. The van der Waals surface area contributed by atoms with E-state index in [1.807, 2.05) is 12.1 Å². The molecule has 1 aromatic carbocycles. The first-order chi connectivity index (χ1) is 13.9. The van der Waals surface area contributed by atoms with E-state index in [9.17, 15) is 19.2 Å². The van der Waals surface area contributed by atoms with Gasteiger partial charge in [-0.25, -0.2) is 9.59 Å². The molecule has 0 saturated carbocycles. The lowest BCUT2D eigenvalue weighted by Gasteiger charge is -2.28. The number of hydrogen-bond acceptors (Lipinski definition) is 6. The molecule has 9 nitrogen and oxygen atoms in total. The summed E-state index contributed by atoms with van der Waals surface area (Å²) >= 11 is 0. The Labute approximate surface area is 163 Å². The van der Waals surface area contributed by atoms with Crippen LogP contribution in [0.25, 0.3) is 10.9 Å². The second-order valence-electron chi connectivity index (χ2n) is 6.66. The SMILES string of the molecule is CCOC(=O)C1=C(C)Nc2[nH]c(=O)[nH]c(=O)c2C1c1cc2ccccc2[nH]c1=O. The Morgan fingerprint density at radius 3 is 2.59 bits per heavy atom. The summed E-state index contributed by atoms with van der Waals surface area (Å²) in [7, 11) is 0. The van der Waals surface area contributed by atoms with Crippen molar-refractivity contribution in [3.05, 3.63) is 83.9 Å². The van der Waals surface area contributed by atoms with Gasteiger partial charge in [0.25, 0.3) is 11.1 Å². The van der Waals surface area contributed by atoms with Crippen LogP contribution in [0, 0.1) is 0 Å². The molecule has 3 heterocycles. The van der Waals surface area contributed by atoms with Gasteiger partial charge >= 0.3 is 11.7 Å². The third-order valence-electron chi connectivity index (χ3n) is 4.86.